The van der Waals surface area contributed by atoms with Crippen LogP contribution in [0.1, 0.15) is 5.56 Å². The molecule has 0 spiro atoms. The Kier molecular flexibility index (Phi) is 5.33. The SMILES string of the molecule is COc1ccc(S(=O)(=O)NC[C@@H]2CN(c3ccc(F)cc3)C(=O)O2)cc1C. The third-order valence-corrected chi connectivity index (χ3v) is 5.61. The number of carbonyl (C=O) groups is 1. The number of aryl methyl sites for hydroxylation is 1. The van der Waals surface area contributed by atoms with E-state index in [2.05, 4.69) is 4.72 Å². The van der Waals surface area contributed by atoms with Gasteiger partial charge in [0.1, 0.15) is 17.7 Å². The van der Waals surface area contributed by atoms with Gasteiger partial charge in [0.15, 0.2) is 0 Å². The van der Waals surface area contributed by atoms with E-state index in [0.29, 0.717) is 17.0 Å². The van der Waals surface area contributed by atoms with Crippen molar-refractivity contribution < 1.29 is 27.1 Å². The van der Waals surface area contributed by atoms with Crippen LogP contribution in [0.3, 0.4) is 0 Å². The number of ether oxygens (including phenoxy) is 2. The van der Waals surface area contributed by atoms with Crippen molar-refractivity contribution >= 4 is 21.8 Å². The molecule has 1 fully saturated rings. The van der Waals surface area contributed by atoms with E-state index in [9.17, 15) is 17.6 Å². The predicted molar refractivity (Wildman–Crippen MR) is 96.9 cm³/mol. The maximum atomic E-state index is 13.0. The molecular weight excluding hydrogens is 375 g/mol. The molecule has 1 N–H and O–H groups in total. The monoisotopic (exact) mass is 394 g/mol. The Morgan fingerprint density at radius 2 is 1.96 bits per heavy atom. The molecule has 1 heterocycles. The largest absolute Gasteiger partial charge is 0.496 e. The normalized spacial score (nSPS) is 17.1. The number of carbonyl (C=O) groups excluding carboxylic acids is 1. The Morgan fingerprint density at radius 3 is 2.59 bits per heavy atom. The molecular formula is C18H19FN2O5S. The number of amides is 1. The topological polar surface area (TPSA) is 84.9 Å². The molecule has 1 amide bonds. The number of benzene rings is 2. The molecule has 0 saturated carbocycles. The fourth-order valence-electron chi connectivity index (χ4n) is 2.76. The first-order chi connectivity index (χ1) is 12.8. The van der Waals surface area contributed by atoms with Crippen LogP contribution in [0.15, 0.2) is 47.4 Å². The van der Waals surface area contributed by atoms with Crippen LogP contribution in [0.2, 0.25) is 0 Å². The van der Waals surface area contributed by atoms with Gasteiger partial charge >= 0.3 is 6.09 Å². The van der Waals surface area contributed by atoms with Crippen LogP contribution in [0, 0.1) is 12.7 Å². The van der Waals surface area contributed by atoms with E-state index in [-0.39, 0.29) is 18.0 Å². The number of anilines is 1. The van der Waals surface area contributed by atoms with Gasteiger partial charge in [0.2, 0.25) is 10.0 Å². The van der Waals surface area contributed by atoms with Crippen molar-refractivity contribution in [3.8, 4) is 5.75 Å². The average molecular weight is 394 g/mol. The van der Waals surface area contributed by atoms with Crippen molar-refractivity contribution in [2.75, 3.05) is 25.1 Å². The summed E-state index contributed by atoms with van der Waals surface area (Å²) in [6, 6.07) is 9.93. The standard InChI is InChI=1S/C18H19FN2O5S/c1-12-9-16(7-8-17(12)25-2)27(23,24)20-10-15-11-21(18(22)26-15)14-5-3-13(19)4-6-14/h3-9,15,20H,10-11H2,1-2H3/t15-/m1/s1. The van der Waals surface area contributed by atoms with Gasteiger partial charge in [-0.1, -0.05) is 0 Å². The third kappa shape index (κ3) is 4.20. The minimum absolute atomic E-state index is 0.0726. The summed E-state index contributed by atoms with van der Waals surface area (Å²) in [4.78, 5) is 13.4. The van der Waals surface area contributed by atoms with E-state index in [0.717, 1.165) is 0 Å². The lowest BCUT2D eigenvalue weighted by molar-refractivity contribution is 0.143. The molecule has 9 heteroatoms. The van der Waals surface area contributed by atoms with Crippen LogP contribution < -0.4 is 14.4 Å². The van der Waals surface area contributed by atoms with Crippen LogP contribution in [0.4, 0.5) is 14.9 Å². The molecule has 0 aliphatic carbocycles. The highest BCUT2D eigenvalue weighted by Gasteiger charge is 2.33. The van der Waals surface area contributed by atoms with E-state index < -0.39 is 28.0 Å². The Hall–Kier alpha value is -2.65. The Balaban J connectivity index is 1.65. The predicted octanol–water partition coefficient (Wildman–Crippen LogP) is 2.45. The lowest BCUT2D eigenvalue weighted by atomic mass is 10.2. The van der Waals surface area contributed by atoms with E-state index in [1.807, 2.05) is 0 Å². The molecule has 1 saturated heterocycles. The smallest absolute Gasteiger partial charge is 0.414 e. The minimum atomic E-state index is -3.77. The summed E-state index contributed by atoms with van der Waals surface area (Å²) in [5.41, 5.74) is 1.17. The first-order valence-electron chi connectivity index (χ1n) is 8.18. The molecule has 1 atom stereocenters. The highest BCUT2D eigenvalue weighted by molar-refractivity contribution is 7.89. The quantitative estimate of drug-likeness (QED) is 0.814. The van der Waals surface area contributed by atoms with Crippen molar-refractivity contribution in [3.63, 3.8) is 0 Å². The number of methoxy groups -OCH3 is 1. The summed E-state index contributed by atoms with van der Waals surface area (Å²) in [5, 5.41) is 0. The van der Waals surface area contributed by atoms with Crippen molar-refractivity contribution in [1.29, 1.82) is 0 Å². The number of hydrogen-bond acceptors (Lipinski definition) is 5. The first kappa shape index (κ1) is 19.1. The van der Waals surface area contributed by atoms with Gasteiger partial charge in [0, 0.05) is 12.2 Å². The van der Waals surface area contributed by atoms with Gasteiger partial charge in [-0.15, -0.1) is 0 Å². The molecule has 1 aliphatic rings. The number of nitrogens with one attached hydrogen (secondary N) is 1. The Morgan fingerprint density at radius 1 is 1.26 bits per heavy atom. The zero-order valence-electron chi connectivity index (χ0n) is 14.8. The number of sulfonamides is 1. The molecule has 3 rings (SSSR count). The fraction of sp³-hybridized carbons (Fsp3) is 0.278. The number of cyclic esters (lactones) is 1. The third-order valence-electron chi connectivity index (χ3n) is 4.19. The van der Waals surface area contributed by atoms with Gasteiger partial charge < -0.3 is 9.47 Å². The summed E-state index contributed by atoms with van der Waals surface area (Å²) >= 11 is 0. The van der Waals surface area contributed by atoms with E-state index in [1.165, 1.54) is 48.4 Å². The molecule has 0 unspecified atom stereocenters. The van der Waals surface area contributed by atoms with Crippen LogP contribution in [0.25, 0.3) is 0 Å². The Bertz CT molecular complexity index is 947. The molecule has 2 aromatic rings. The minimum Gasteiger partial charge on any atom is -0.496 e. The van der Waals surface area contributed by atoms with Crippen molar-refractivity contribution in [3.05, 3.63) is 53.8 Å². The first-order valence-corrected chi connectivity index (χ1v) is 9.66. The lowest BCUT2D eigenvalue weighted by Crippen LogP contribution is -2.34. The molecule has 2 aromatic carbocycles. The van der Waals surface area contributed by atoms with E-state index >= 15 is 0 Å². The highest BCUT2D eigenvalue weighted by atomic mass is 32.2. The summed E-state index contributed by atoms with van der Waals surface area (Å²) in [7, 11) is -2.26. The van der Waals surface area contributed by atoms with E-state index in [4.69, 9.17) is 9.47 Å². The molecule has 144 valence electrons. The molecule has 0 radical (unpaired) electrons. The maximum absolute atomic E-state index is 13.0. The van der Waals surface area contributed by atoms with Crippen molar-refractivity contribution in [2.24, 2.45) is 0 Å². The van der Waals surface area contributed by atoms with Crippen molar-refractivity contribution in [2.45, 2.75) is 17.9 Å². The number of rotatable bonds is 6. The van der Waals surface area contributed by atoms with Crippen LogP contribution in [-0.2, 0) is 14.8 Å². The highest BCUT2D eigenvalue weighted by Crippen LogP contribution is 2.23. The lowest BCUT2D eigenvalue weighted by Gasteiger charge is -2.13. The summed E-state index contributed by atoms with van der Waals surface area (Å²) < 4.78 is 50.7. The summed E-state index contributed by atoms with van der Waals surface area (Å²) in [6.45, 7) is 1.84. The number of hydrogen-bond donors (Lipinski definition) is 1. The Labute approximate surface area is 156 Å². The zero-order valence-corrected chi connectivity index (χ0v) is 15.6. The van der Waals surface area contributed by atoms with Gasteiger partial charge in [-0.2, -0.15) is 0 Å². The van der Waals surface area contributed by atoms with Gasteiger partial charge in [0.25, 0.3) is 0 Å². The molecule has 7 nitrogen and oxygen atoms in total. The fourth-order valence-corrected chi connectivity index (χ4v) is 3.91. The zero-order chi connectivity index (χ0) is 19.6. The van der Waals surface area contributed by atoms with Gasteiger partial charge in [-0.3, -0.25) is 4.90 Å². The second-order valence-corrected chi connectivity index (χ2v) is 7.84. The molecule has 1 aliphatic heterocycles. The van der Waals surface area contributed by atoms with Crippen LogP contribution in [-0.4, -0.2) is 40.8 Å². The maximum Gasteiger partial charge on any atom is 0.414 e. The summed E-state index contributed by atoms with van der Waals surface area (Å²) in [5.74, 6) is 0.180. The summed E-state index contributed by atoms with van der Waals surface area (Å²) in [6.07, 6.45) is -1.26. The molecule has 0 bridgehead atoms. The van der Waals surface area contributed by atoms with Crippen LogP contribution >= 0.6 is 0 Å². The average Bonchev–Trinajstić information content (AvgIpc) is 3.01. The van der Waals surface area contributed by atoms with Gasteiger partial charge in [-0.25, -0.2) is 22.3 Å². The van der Waals surface area contributed by atoms with Crippen molar-refractivity contribution in [1.82, 2.24) is 4.72 Å². The second-order valence-electron chi connectivity index (χ2n) is 6.08. The second kappa shape index (κ2) is 7.53. The molecule has 27 heavy (non-hydrogen) atoms. The number of nitrogens with zero attached hydrogens (tertiary/aromatic N) is 1. The van der Waals surface area contributed by atoms with E-state index in [1.54, 1.807) is 13.0 Å². The van der Waals surface area contributed by atoms with Gasteiger partial charge in [0.05, 0.1) is 18.6 Å². The van der Waals surface area contributed by atoms with Gasteiger partial charge in [-0.05, 0) is 55.0 Å². The number of halogens is 1. The van der Waals surface area contributed by atoms with Crippen LogP contribution in [0.5, 0.6) is 5.75 Å². The molecule has 0 aromatic heterocycles.